The van der Waals surface area contributed by atoms with Crippen molar-refractivity contribution in [2.24, 2.45) is 5.73 Å². The second kappa shape index (κ2) is 7.15. The smallest absolute Gasteiger partial charge is 0.267 e. The van der Waals surface area contributed by atoms with Crippen LogP contribution in [0.3, 0.4) is 0 Å². The summed E-state index contributed by atoms with van der Waals surface area (Å²) in [5.41, 5.74) is 5.32. The van der Waals surface area contributed by atoms with Crippen molar-refractivity contribution in [2.45, 2.75) is 12.5 Å². The van der Waals surface area contributed by atoms with Crippen LogP contribution >= 0.6 is 0 Å². The summed E-state index contributed by atoms with van der Waals surface area (Å²) in [6, 6.07) is 0. The van der Waals surface area contributed by atoms with Crippen LogP contribution in [-0.4, -0.2) is 84.9 Å². The van der Waals surface area contributed by atoms with E-state index >= 15 is 0 Å². The Morgan fingerprint density at radius 1 is 1.26 bits per heavy atom. The molecular weight excluding hydrogens is 274 g/mol. The van der Waals surface area contributed by atoms with E-state index in [2.05, 4.69) is 0 Å². The Morgan fingerprint density at radius 3 is 2.32 bits per heavy atom. The molecule has 1 heterocycles. The van der Waals surface area contributed by atoms with Gasteiger partial charge < -0.3 is 15.7 Å². The van der Waals surface area contributed by atoms with E-state index in [4.69, 9.17) is 10.3 Å². The molecule has 1 saturated heterocycles. The standard InChI is InChI=1S/C10H21N3O5S/c11-2-1-10(15)13-5-3-12(4-6-13)7-9(14)8-19(16,17)18/h9,14H,1-8,11H2,(H,16,17,18). The molecule has 0 bridgehead atoms. The van der Waals surface area contributed by atoms with Gasteiger partial charge in [-0.1, -0.05) is 0 Å². The zero-order valence-corrected chi connectivity index (χ0v) is 11.5. The quantitative estimate of drug-likeness (QED) is 0.472. The number of nitrogens with two attached hydrogens (primary N) is 1. The van der Waals surface area contributed by atoms with Gasteiger partial charge in [-0.15, -0.1) is 0 Å². The van der Waals surface area contributed by atoms with Gasteiger partial charge in [0, 0.05) is 45.7 Å². The number of hydrogen-bond acceptors (Lipinski definition) is 6. The molecule has 4 N–H and O–H groups in total. The molecule has 1 unspecified atom stereocenters. The zero-order valence-electron chi connectivity index (χ0n) is 10.7. The number of nitrogens with zero attached hydrogens (tertiary/aromatic N) is 2. The first-order valence-corrected chi connectivity index (χ1v) is 7.76. The van der Waals surface area contributed by atoms with Crippen molar-refractivity contribution < 1.29 is 22.9 Å². The highest BCUT2D eigenvalue weighted by molar-refractivity contribution is 7.85. The van der Waals surface area contributed by atoms with Crippen LogP contribution < -0.4 is 5.73 Å². The van der Waals surface area contributed by atoms with Crippen molar-refractivity contribution in [3.63, 3.8) is 0 Å². The molecule has 0 aromatic rings. The lowest BCUT2D eigenvalue weighted by atomic mass is 10.2. The number of carbonyl (C=O) groups is 1. The molecule has 112 valence electrons. The number of aliphatic hydroxyl groups excluding tert-OH is 1. The van der Waals surface area contributed by atoms with E-state index in [1.807, 2.05) is 4.90 Å². The Balaban J connectivity index is 2.32. The fourth-order valence-corrected chi connectivity index (χ4v) is 2.65. The Hall–Kier alpha value is -0.740. The van der Waals surface area contributed by atoms with E-state index in [0.717, 1.165) is 0 Å². The molecule has 1 rings (SSSR count). The minimum absolute atomic E-state index is 0.0145. The van der Waals surface area contributed by atoms with Crippen LogP contribution in [0.4, 0.5) is 0 Å². The van der Waals surface area contributed by atoms with E-state index in [0.29, 0.717) is 39.1 Å². The molecule has 1 aliphatic heterocycles. The predicted octanol–water partition coefficient (Wildman–Crippen LogP) is -2.27. The fourth-order valence-electron chi connectivity index (χ4n) is 2.06. The summed E-state index contributed by atoms with van der Waals surface area (Å²) in [5.74, 6) is -0.653. The molecule has 0 aliphatic carbocycles. The molecule has 1 aliphatic rings. The molecule has 8 nitrogen and oxygen atoms in total. The van der Waals surface area contributed by atoms with Gasteiger partial charge in [0.25, 0.3) is 10.1 Å². The Morgan fingerprint density at radius 2 is 1.84 bits per heavy atom. The molecule has 1 atom stereocenters. The van der Waals surface area contributed by atoms with Gasteiger partial charge in [0.15, 0.2) is 0 Å². The lowest BCUT2D eigenvalue weighted by Crippen LogP contribution is -2.51. The second-order valence-electron chi connectivity index (χ2n) is 4.62. The Labute approximate surface area is 112 Å². The maximum absolute atomic E-state index is 11.6. The largest absolute Gasteiger partial charge is 0.391 e. The summed E-state index contributed by atoms with van der Waals surface area (Å²) >= 11 is 0. The van der Waals surface area contributed by atoms with Crippen LogP contribution in [0.2, 0.25) is 0 Å². The highest BCUT2D eigenvalue weighted by Crippen LogP contribution is 2.05. The normalized spacial score (nSPS) is 19.4. The van der Waals surface area contributed by atoms with E-state index in [1.54, 1.807) is 4.90 Å². The number of aliphatic hydroxyl groups is 1. The topological polar surface area (TPSA) is 124 Å². The average Bonchev–Trinajstić information content (AvgIpc) is 2.27. The monoisotopic (exact) mass is 295 g/mol. The summed E-state index contributed by atoms with van der Waals surface area (Å²) in [4.78, 5) is 15.2. The Bertz CT molecular complexity index is 392. The third kappa shape index (κ3) is 6.30. The van der Waals surface area contributed by atoms with Gasteiger partial charge in [-0.25, -0.2) is 0 Å². The molecule has 1 amide bonds. The number of carbonyl (C=O) groups excluding carboxylic acids is 1. The van der Waals surface area contributed by atoms with Gasteiger partial charge in [0.1, 0.15) is 5.75 Å². The molecule has 0 aromatic carbocycles. The highest BCUT2D eigenvalue weighted by atomic mass is 32.2. The number of amides is 1. The third-order valence-corrected chi connectivity index (χ3v) is 3.76. The van der Waals surface area contributed by atoms with Crippen LogP contribution in [0.15, 0.2) is 0 Å². The molecular formula is C10H21N3O5S. The molecule has 0 spiro atoms. The molecule has 1 fully saturated rings. The first-order valence-electron chi connectivity index (χ1n) is 6.15. The maximum atomic E-state index is 11.6. The van der Waals surface area contributed by atoms with E-state index in [9.17, 15) is 18.3 Å². The van der Waals surface area contributed by atoms with Crippen molar-refractivity contribution >= 4 is 16.0 Å². The first-order chi connectivity index (χ1) is 8.81. The van der Waals surface area contributed by atoms with Crippen LogP contribution in [0.5, 0.6) is 0 Å². The van der Waals surface area contributed by atoms with Gasteiger partial charge in [0.2, 0.25) is 5.91 Å². The fraction of sp³-hybridized carbons (Fsp3) is 0.900. The van der Waals surface area contributed by atoms with Crippen LogP contribution in [-0.2, 0) is 14.9 Å². The SMILES string of the molecule is NCCC(=O)N1CCN(CC(O)CS(=O)(=O)O)CC1. The van der Waals surface area contributed by atoms with Crippen molar-refractivity contribution in [3.8, 4) is 0 Å². The van der Waals surface area contributed by atoms with Gasteiger partial charge in [-0.2, -0.15) is 8.42 Å². The lowest BCUT2D eigenvalue weighted by molar-refractivity contribution is -0.132. The number of β-amino-alcohol motifs (C(OH)–C–C–N with tert-alkyl or cyclic N) is 1. The maximum Gasteiger partial charge on any atom is 0.267 e. The summed E-state index contributed by atoms with van der Waals surface area (Å²) in [6.45, 7) is 2.71. The molecule has 0 saturated carbocycles. The molecule has 0 aromatic heterocycles. The van der Waals surface area contributed by atoms with Gasteiger partial charge in [0.05, 0.1) is 6.10 Å². The lowest BCUT2D eigenvalue weighted by Gasteiger charge is -2.35. The minimum Gasteiger partial charge on any atom is -0.391 e. The first kappa shape index (κ1) is 16.3. The number of hydrogen-bond donors (Lipinski definition) is 3. The average molecular weight is 295 g/mol. The summed E-state index contributed by atoms with van der Waals surface area (Å²) in [6.07, 6.45) is -0.799. The van der Waals surface area contributed by atoms with Gasteiger partial charge >= 0.3 is 0 Å². The van der Waals surface area contributed by atoms with Gasteiger partial charge in [-0.3, -0.25) is 14.2 Å². The number of rotatable bonds is 6. The van der Waals surface area contributed by atoms with E-state index in [1.165, 1.54) is 0 Å². The number of piperazine rings is 1. The molecule has 0 radical (unpaired) electrons. The van der Waals surface area contributed by atoms with Crippen molar-refractivity contribution in [2.75, 3.05) is 45.0 Å². The van der Waals surface area contributed by atoms with Crippen molar-refractivity contribution in [3.05, 3.63) is 0 Å². The minimum atomic E-state index is -4.16. The third-order valence-electron chi connectivity index (χ3n) is 2.96. The van der Waals surface area contributed by atoms with Crippen molar-refractivity contribution in [1.82, 2.24) is 9.80 Å². The zero-order chi connectivity index (χ0) is 14.5. The second-order valence-corrected chi connectivity index (χ2v) is 6.12. The van der Waals surface area contributed by atoms with Crippen molar-refractivity contribution in [1.29, 1.82) is 0 Å². The van der Waals surface area contributed by atoms with Crippen LogP contribution in [0.25, 0.3) is 0 Å². The van der Waals surface area contributed by atoms with E-state index in [-0.39, 0.29) is 12.5 Å². The van der Waals surface area contributed by atoms with Gasteiger partial charge in [-0.05, 0) is 0 Å². The van der Waals surface area contributed by atoms with E-state index < -0.39 is 22.0 Å². The Kier molecular flexibility index (Phi) is 6.14. The predicted molar refractivity (Wildman–Crippen MR) is 69.1 cm³/mol. The van der Waals surface area contributed by atoms with Crippen LogP contribution in [0, 0.1) is 0 Å². The summed E-state index contributed by atoms with van der Waals surface area (Å²) in [5, 5.41) is 9.52. The summed E-state index contributed by atoms with van der Waals surface area (Å²) < 4.78 is 29.8. The molecule has 9 heteroatoms. The summed E-state index contributed by atoms with van der Waals surface area (Å²) in [7, 11) is -4.16. The highest BCUT2D eigenvalue weighted by Gasteiger charge is 2.23. The molecule has 19 heavy (non-hydrogen) atoms. The van der Waals surface area contributed by atoms with Crippen LogP contribution in [0.1, 0.15) is 6.42 Å².